The van der Waals surface area contributed by atoms with E-state index in [2.05, 4.69) is 124 Å². The van der Waals surface area contributed by atoms with Crippen molar-refractivity contribution < 1.29 is 4.42 Å². The maximum absolute atomic E-state index is 6.54. The average molecular weight is 501 g/mol. The van der Waals surface area contributed by atoms with Crippen molar-refractivity contribution in [3.05, 3.63) is 127 Å². The third-order valence-electron chi connectivity index (χ3n) is 8.37. The summed E-state index contributed by atoms with van der Waals surface area (Å²) in [6.07, 6.45) is 6.74. The summed E-state index contributed by atoms with van der Waals surface area (Å²) < 4.78 is 11.4. The fourth-order valence-electron chi connectivity index (χ4n) is 6.78. The summed E-state index contributed by atoms with van der Waals surface area (Å²) in [4.78, 5) is 0. The third-order valence-corrected chi connectivity index (χ3v) is 8.37. The van der Waals surface area contributed by atoms with E-state index >= 15 is 0 Å². The number of aromatic nitrogens is 2. The SMILES string of the molecule is C1=Cc2c(n(-c3ccccc3)c3ccc(-n4c5cccc6oc7ccccc7c7cccc4c7c65)cc23)CC1. The molecule has 0 fully saturated rings. The van der Waals surface area contributed by atoms with Crippen LogP contribution < -0.4 is 0 Å². The van der Waals surface area contributed by atoms with Gasteiger partial charge < -0.3 is 13.6 Å². The van der Waals surface area contributed by atoms with Crippen LogP contribution >= 0.6 is 0 Å². The number of hydrogen-bond acceptors (Lipinski definition) is 1. The first-order valence-corrected chi connectivity index (χ1v) is 13.6. The molecule has 0 saturated heterocycles. The summed E-state index contributed by atoms with van der Waals surface area (Å²) in [5.74, 6) is 0. The fraction of sp³-hybridized carbons (Fsp3) is 0.0556. The van der Waals surface area contributed by atoms with Crippen molar-refractivity contribution in [2.24, 2.45) is 0 Å². The summed E-state index contributed by atoms with van der Waals surface area (Å²) in [7, 11) is 0. The lowest BCUT2D eigenvalue weighted by Crippen LogP contribution is -2.02. The lowest BCUT2D eigenvalue weighted by atomic mass is 10.0. The first-order valence-electron chi connectivity index (χ1n) is 13.6. The largest absolute Gasteiger partial charge is 0.456 e. The van der Waals surface area contributed by atoms with Gasteiger partial charge in [0.1, 0.15) is 11.2 Å². The van der Waals surface area contributed by atoms with Crippen LogP contribution in [0.3, 0.4) is 0 Å². The molecule has 3 aromatic heterocycles. The van der Waals surface area contributed by atoms with Gasteiger partial charge in [0, 0.05) is 38.8 Å². The Morgan fingerprint density at radius 2 is 1.31 bits per heavy atom. The standard InChI is InChI=1S/C36H24N2O/c1-2-10-23(11-3-1)37-29-15-6-4-12-25(29)28-22-24(20-21-30(28)37)38-31-16-8-14-27-26-13-5-7-18-33(26)39-34-19-9-17-32(38)36(34)35(27)31/h1-5,7-14,16-22H,6,15H2. The van der Waals surface area contributed by atoms with Gasteiger partial charge in [-0.05, 0) is 72.8 Å². The molecule has 3 nitrogen and oxygen atoms in total. The molecule has 39 heavy (non-hydrogen) atoms. The molecule has 0 amide bonds. The minimum atomic E-state index is 0.905. The summed E-state index contributed by atoms with van der Waals surface area (Å²) >= 11 is 0. The van der Waals surface area contributed by atoms with Crippen molar-refractivity contribution in [3.63, 3.8) is 0 Å². The second-order valence-corrected chi connectivity index (χ2v) is 10.5. The van der Waals surface area contributed by atoms with Crippen molar-refractivity contribution in [1.29, 1.82) is 0 Å². The summed E-state index contributed by atoms with van der Waals surface area (Å²) in [5, 5.41) is 6.06. The van der Waals surface area contributed by atoms with Crippen molar-refractivity contribution in [2.45, 2.75) is 12.8 Å². The lowest BCUT2D eigenvalue weighted by Gasteiger charge is -2.13. The summed E-state index contributed by atoms with van der Waals surface area (Å²) in [6, 6.07) is 39.1. The zero-order valence-electron chi connectivity index (χ0n) is 21.3. The highest BCUT2D eigenvalue weighted by molar-refractivity contribution is 6.26. The van der Waals surface area contributed by atoms with E-state index in [0.717, 1.165) is 40.6 Å². The molecule has 0 unspecified atom stereocenters. The van der Waals surface area contributed by atoms with E-state index in [4.69, 9.17) is 4.42 Å². The van der Waals surface area contributed by atoms with E-state index in [0.29, 0.717) is 0 Å². The molecule has 9 rings (SSSR count). The zero-order valence-corrected chi connectivity index (χ0v) is 21.3. The van der Waals surface area contributed by atoms with Crippen molar-refractivity contribution in [2.75, 3.05) is 0 Å². The molecule has 3 heterocycles. The van der Waals surface area contributed by atoms with Crippen LogP contribution in [0, 0.1) is 0 Å². The molecule has 5 aromatic carbocycles. The van der Waals surface area contributed by atoms with E-state index in [1.165, 1.54) is 49.5 Å². The van der Waals surface area contributed by atoms with Crippen LogP contribution in [0.25, 0.3) is 72.1 Å². The van der Waals surface area contributed by atoms with Crippen molar-refractivity contribution in [1.82, 2.24) is 9.13 Å². The second kappa shape index (κ2) is 7.75. The van der Waals surface area contributed by atoms with Crippen LogP contribution in [0.1, 0.15) is 17.7 Å². The van der Waals surface area contributed by atoms with Gasteiger partial charge in [-0.2, -0.15) is 0 Å². The number of benzene rings is 5. The smallest absolute Gasteiger partial charge is 0.137 e. The van der Waals surface area contributed by atoms with Gasteiger partial charge in [0.2, 0.25) is 0 Å². The van der Waals surface area contributed by atoms with E-state index < -0.39 is 0 Å². The number of para-hydroxylation sites is 2. The molecule has 184 valence electrons. The van der Waals surface area contributed by atoms with Crippen LogP contribution in [0.4, 0.5) is 0 Å². The predicted octanol–water partition coefficient (Wildman–Crippen LogP) is 9.59. The van der Waals surface area contributed by atoms with Crippen LogP contribution in [0.2, 0.25) is 0 Å². The molecule has 0 aliphatic heterocycles. The molecule has 0 spiro atoms. The highest BCUT2D eigenvalue weighted by Crippen LogP contribution is 2.42. The molecule has 1 aliphatic rings. The van der Waals surface area contributed by atoms with E-state index in [1.54, 1.807) is 0 Å². The Kier molecular flexibility index (Phi) is 4.17. The van der Waals surface area contributed by atoms with Crippen molar-refractivity contribution >= 4 is 60.7 Å². The zero-order chi connectivity index (χ0) is 25.5. The highest BCUT2D eigenvalue weighted by atomic mass is 16.3. The number of fused-ring (bicyclic) bond motifs is 5. The van der Waals surface area contributed by atoms with Crippen LogP contribution in [0.15, 0.2) is 120 Å². The highest BCUT2D eigenvalue weighted by Gasteiger charge is 2.22. The van der Waals surface area contributed by atoms with Gasteiger partial charge >= 0.3 is 0 Å². The molecular weight excluding hydrogens is 476 g/mol. The predicted molar refractivity (Wildman–Crippen MR) is 162 cm³/mol. The fourth-order valence-corrected chi connectivity index (χ4v) is 6.78. The molecule has 1 aliphatic carbocycles. The lowest BCUT2D eigenvalue weighted by molar-refractivity contribution is 0.664. The number of rotatable bonds is 2. The van der Waals surface area contributed by atoms with Gasteiger partial charge in [0.15, 0.2) is 0 Å². The van der Waals surface area contributed by atoms with Crippen molar-refractivity contribution in [3.8, 4) is 11.4 Å². The monoisotopic (exact) mass is 500 g/mol. The minimum absolute atomic E-state index is 0.905. The first kappa shape index (κ1) is 21.0. The molecule has 0 bridgehead atoms. The van der Waals surface area contributed by atoms with E-state index in [9.17, 15) is 0 Å². The minimum Gasteiger partial charge on any atom is -0.456 e. The second-order valence-electron chi connectivity index (χ2n) is 10.5. The molecule has 8 aromatic rings. The summed E-state index contributed by atoms with van der Waals surface area (Å²) in [5.41, 5.74) is 10.5. The van der Waals surface area contributed by atoms with Gasteiger partial charge in [-0.15, -0.1) is 0 Å². The Morgan fingerprint density at radius 3 is 2.23 bits per heavy atom. The molecule has 0 N–H and O–H groups in total. The average Bonchev–Trinajstić information content (AvgIpc) is 3.46. The van der Waals surface area contributed by atoms with E-state index in [1.807, 2.05) is 6.07 Å². The Balaban J connectivity index is 1.41. The maximum Gasteiger partial charge on any atom is 0.137 e. The molecular formula is C36H24N2O. The normalized spacial score (nSPS) is 13.3. The maximum atomic E-state index is 6.54. The van der Waals surface area contributed by atoms with E-state index in [-0.39, 0.29) is 0 Å². The summed E-state index contributed by atoms with van der Waals surface area (Å²) in [6.45, 7) is 0. The van der Waals surface area contributed by atoms with Gasteiger partial charge in [0.05, 0.1) is 21.9 Å². The number of allylic oxidation sites excluding steroid dienone is 1. The van der Waals surface area contributed by atoms with Crippen LogP contribution in [-0.2, 0) is 6.42 Å². The Hall–Kier alpha value is -5.02. The molecule has 3 heteroatoms. The Bertz CT molecular complexity index is 2270. The Morgan fingerprint density at radius 1 is 0.538 bits per heavy atom. The van der Waals surface area contributed by atoms with Crippen LogP contribution in [0.5, 0.6) is 0 Å². The topological polar surface area (TPSA) is 23.0 Å². The number of hydrogen-bond donors (Lipinski definition) is 0. The Labute approximate surface area is 224 Å². The van der Waals surface area contributed by atoms with Crippen LogP contribution in [-0.4, -0.2) is 9.13 Å². The molecule has 0 atom stereocenters. The third kappa shape index (κ3) is 2.82. The van der Waals surface area contributed by atoms with Gasteiger partial charge in [0.25, 0.3) is 0 Å². The number of nitrogens with zero attached hydrogens (tertiary/aromatic N) is 2. The van der Waals surface area contributed by atoms with Gasteiger partial charge in [-0.25, -0.2) is 0 Å². The first-order chi connectivity index (χ1) is 19.4. The quantitative estimate of drug-likeness (QED) is 0.232. The van der Waals surface area contributed by atoms with Gasteiger partial charge in [-0.3, -0.25) is 0 Å². The molecule has 0 radical (unpaired) electrons. The van der Waals surface area contributed by atoms with Gasteiger partial charge in [-0.1, -0.05) is 66.7 Å². The molecule has 0 saturated carbocycles.